The zero-order valence-electron chi connectivity index (χ0n) is 17.6. The van der Waals surface area contributed by atoms with Crippen LogP contribution >= 0.6 is 0 Å². The molecule has 1 heterocycles. The number of carboxylic acid groups (broad SMARTS) is 2. The second-order valence-electron chi connectivity index (χ2n) is 8.84. The Morgan fingerprint density at radius 3 is 1.41 bits per heavy atom. The van der Waals surface area contributed by atoms with E-state index in [1.165, 1.54) is 0 Å². The number of benzene rings is 3. The van der Waals surface area contributed by atoms with Gasteiger partial charge in [-0.2, -0.15) is 0 Å². The fourth-order valence-electron chi connectivity index (χ4n) is 6.17. The van der Waals surface area contributed by atoms with E-state index in [9.17, 15) is 19.8 Å². The first kappa shape index (κ1) is 20.5. The summed E-state index contributed by atoms with van der Waals surface area (Å²) in [6.45, 7) is 0.462. The summed E-state index contributed by atoms with van der Waals surface area (Å²) in [5.41, 5.74) is -0.105. The fourth-order valence-corrected chi connectivity index (χ4v) is 6.17. The number of aliphatic carboxylic acids is 2. The summed E-state index contributed by atoms with van der Waals surface area (Å²) in [5, 5.41) is 21.2. The van der Waals surface area contributed by atoms with Gasteiger partial charge < -0.3 is 10.2 Å². The molecule has 0 radical (unpaired) electrons. The molecule has 2 fully saturated rings. The molecule has 1 saturated carbocycles. The molecule has 0 unspecified atom stereocenters. The Balaban J connectivity index is 1.78. The fraction of sp³-hybridized carbons (Fsp3) is 0.259. The maximum absolute atomic E-state index is 13.0. The van der Waals surface area contributed by atoms with Crippen molar-refractivity contribution in [2.75, 3.05) is 0 Å². The van der Waals surface area contributed by atoms with Gasteiger partial charge in [-0.1, -0.05) is 91.0 Å². The number of carbonyl (C=O) groups is 2. The van der Waals surface area contributed by atoms with E-state index in [1.54, 1.807) is 0 Å². The van der Waals surface area contributed by atoms with Gasteiger partial charge in [-0.15, -0.1) is 0 Å². The first-order valence-electron chi connectivity index (χ1n) is 10.9. The van der Waals surface area contributed by atoms with Crippen molar-refractivity contribution in [2.24, 2.45) is 10.8 Å². The van der Waals surface area contributed by atoms with Crippen LogP contribution in [0.2, 0.25) is 0 Å². The third-order valence-electron chi connectivity index (χ3n) is 7.51. The average molecular weight is 428 g/mol. The summed E-state index contributed by atoms with van der Waals surface area (Å²) >= 11 is 0. The lowest BCUT2D eigenvalue weighted by atomic mass is 9.45. The van der Waals surface area contributed by atoms with Crippen molar-refractivity contribution in [3.05, 3.63) is 108 Å². The summed E-state index contributed by atoms with van der Waals surface area (Å²) in [7, 11) is 0. The summed E-state index contributed by atoms with van der Waals surface area (Å²) in [4.78, 5) is 28.0. The first-order chi connectivity index (χ1) is 15.5. The predicted molar refractivity (Wildman–Crippen MR) is 120 cm³/mol. The van der Waals surface area contributed by atoms with Crippen LogP contribution in [0.5, 0.6) is 0 Å². The first-order valence-corrected chi connectivity index (χ1v) is 10.9. The van der Waals surface area contributed by atoms with Gasteiger partial charge in [0, 0.05) is 6.54 Å². The second-order valence-corrected chi connectivity index (χ2v) is 8.84. The molecule has 0 bridgehead atoms. The quantitative estimate of drug-likeness (QED) is 0.584. The standard InChI is InChI=1S/C27H25NO4/c29-24(30)26-16-17-27(26,25(31)32)23(21-14-8-3-9-15-21)28(18-19-10-4-1-5-11-19)22(26)20-12-6-2-7-13-20/h1-15,22-23H,16-18H2,(H,29,30)(H,31,32)/t22-,23+,26-,27+. The highest BCUT2D eigenvalue weighted by atomic mass is 16.4. The Morgan fingerprint density at radius 2 is 1.06 bits per heavy atom. The number of hydrogen-bond acceptors (Lipinski definition) is 3. The number of rotatable bonds is 6. The minimum atomic E-state index is -1.41. The Kier molecular flexibility index (Phi) is 4.86. The number of hydrogen-bond donors (Lipinski definition) is 2. The molecule has 1 aliphatic carbocycles. The third kappa shape index (κ3) is 2.67. The van der Waals surface area contributed by atoms with E-state index in [1.807, 2.05) is 91.0 Å². The summed E-state index contributed by atoms with van der Waals surface area (Å²) in [6, 6.07) is 27.8. The van der Waals surface area contributed by atoms with E-state index < -0.39 is 34.9 Å². The molecule has 3 aromatic rings. The summed E-state index contributed by atoms with van der Waals surface area (Å²) < 4.78 is 0. The van der Waals surface area contributed by atoms with Gasteiger partial charge in [-0.05, 0) is 29.5 Å². The van der Waals surface area contributed by atoms with E-state index in [2.05, 4.69) is 4.90 Å². The van der Waals surface area contributed by atoms with Crippen molar-refractivity contribution in [1.29, 1.82) is 0 Å². The van der Waals surface area contributed by atoms with Crippen LogP contribution in [0.3, 0.4) is 0 Å². The van der Waals surface area contributed by atoms with Crippen molar-refractivity contribution < 1.29 is 19.8 Å². The number of nitrogens with zero attached hydrogens (tertiary/aromatic N) is 1. The van der Waals surface area contributed by atoms with Gasteiger partial charge in [-0.25, -0.2) is 0 Å². The SMILES string of the molecule is O=C(O)[C@]12CC[C@@]1(C(=O)O)[C@H](c1ccccc1)N(Cc1ccccc1)[C@@H]2c1ccccc1. The molecular formula is C27H25NO4. The van der Waals surface area contributed by atoms with Crippen LogP contribution in [-0.2, 0) is 16.1 Å². The molecule has 2 aliphatic rings. The monoisotopic (exact) mass is 427 g/mol. The van der Waals surface area contributed by atoms with E-state index in [0.717, 1.165) is 16.7 Å². The van der Waals surface area contributed by atoms with Crippen molar-refractivity contribution in [3.8, 4) is 0 Å². The van der Waals surface area contributed by atoms with E-state index >= 15 is 0 Å². The zero-order valence-corrected chi connectivity index (χ0v) is 17.6. The van der Waals surface area contributed by atoms with Crippen molar-refractivity contribution in [1.82, 2.24) is 4.90 Å². The molecule has 4 atom stereocenters. The average Bonchev–Trinajstić information content (AvgIpc) is 2.97. The molecule has 0 amide bonds. The van der Waals surface area contributed by atoms with Gasteiger partial charge in [0.2, 0.25) is 0 Å². The highest BCUT2D eigenvalue weighted by Crippen LogP contribution is 2.76. The van der Waals surface area contributed by atoms with E-state index in [4.69, 9.17) is 0 Å². The maximum Gasteiger partial charge on any atom is 0.312 e. The van der Waals surface area contributed by atoms with Gasteiger partial charge >= 0.3 is 11.9 Å². The van der Waals surface area contributed by atoms with Gasteiger partial charge in [-0.3, -0.25) is 14.5 Å². The summed E-state index contributed by atoms with van der Waals surface area (Å²) in [5.74, 6) is -2.06. The molecule has 3 aromatic carbocycles. The van der Waals surface area contributed by atoms with Gasteiger partial charge in [0.25, 0.3) is 0 Å². The highest BCUT2D eigenvalue weighted by molar-refractivity contribution is 5.92. The van der Waals surface area contributed by atoms with Crippen molar-refractivity contribution in [2.45, 2.75) is 31.5 Å². The molecule has 5 rings (SSSR count). The molecule has 162 valence electrons. The smallest absolute Gasteiger partial charge is 0.312 e. The molecule has 1 saturated heterocycles. The van der Waals surface area contributed by atoms with Crippen LogP contribution in [0.25, 0.3) is 0 Å². The molecule has 0 aromatic heterocycles. The van der Waals surface area contributed by atoms with Crippen LogP contribution in [-0.4, -0.2) is 27.1 Å². The molecule has 32 heavy (non-hydrogen) atoms. The van der Waals surface area contributed by atoms with Gasteiger partial charge in [0.15, 0.2) is 0 Å². The normalized spacial score (nSPS) is 29.1. The molecule has 2 N–H and O–H groups in total. The lowest BCUT2D eigenvalue weighted by molar-refractivity contribution is -0.191. The van der Waals surface area contributed by atoms with E-state index in [0.29, 0.717) is 19.4 Å². The number of carboxylic acids is 2. The van der Waals surface area contributed by atoms with Crippen LogP contribution in [0, 0.1) is 10.8 Å². The molecule has 1 aliphatic heterocycles. The van der Waals surface area contributed by atoms with E-state index in [-0.39, 0.29) is 0 Å². The highest BCUT2D eigenvalue weighted by Gasteiger charge is 2.80. The Hall–Kier alpha value is -3.44. The Labute approximate surface area is 186 Å². The maximum atomic E-state index is 13.0. The molecule has 5 heteroatoms. The Morgan fingerprint density at radius 1 is 0.688 bits per heavy atom. The lowest BCUT2D eigenvalue weighted by Crippen LogP contribution is -2.60. The molecule has 5 nitrogen and oxygen atoms in total. The van der Waals surface area contributed by atoms with Crippen LogP contribution in [0.15, 0.2) is 91.0 Å². The van der Waals surface area contributed by atoms with Gasteiger partial charge in [0.1, 0.15) is 10.8 Å². The minimum Gasteiger partial charge on any atom is -0.481 e. The topological polar surface area (TPSA) is 77.8 Å². The lowest BCUT2D eigenvalue weighted by Gasteiger charge is -2.52. The Bertz CT molecular complexity index is 1060. The predicted octanol–water partition coefficient (Wildman–Crippen LogP) is 4.92. The molecule has 0 spiro atoms. The summed E-state index contributed by atoms with van der Waals surface area (Å²) in [6.07, 6.45) is 0.672. The molecular weight excluding hydrogens is 402 g/mol. The van der Waals surface area contributed by atoms with Gasteiger partial charge in [0.05, 0.1) is 12.1 Å². The second kappa shape index (κ2) is 7.61. The number of fused-ring (bicyclic) bond motifs is 1. The van der Waals surface area contributed by atoms with Crippen LogP contribution in [0.4, 0.5) is 0 Å². The minimum absolute atomic E-state index is 0.336. The largest absolute Gasteiger partial charge is 0.481 e. The van der Waals surface area contributed by atoms with Crippen molar-refractivity contribution in [3.63, 3.8) is 0 Å². The van der Waals surface area contributed by atoms with Crippen LogP contribution < -0.4 is 0 Å². The third-order valence-corrected chi connectivity index (χ3v) is 7.51. The zero-order chi connectivity index (χ0) is 22.3. The van der Waals surface area contributed by atoms with Crippen molar-refractivity contribution >= 4 is 11.9 Å². The van der Waals surface area contributed by atoms with Crippen LogP contribution in [0.1, 0.15) is 41.6 Å². The number of likely N-dealkylation sites (tertiary alicyclic amines) is 1.